The van der Waals surface area contributed by atoms with Gasteiger partial charge in [0.25, 0.3) is 0 Å². The summed E-state index contributed by atoms with van der Waals surface area (Å²) in [5.74, 6) is 1.09. The average molecular weight is 437 g/mol. The number of nitrogens with two attached hydrogens (primary N) is 1. The van der Waals surface area contributed by atoms with Crippen molar-refractivity contribution in [3.63, 3.8) is 0 Å². The molecule has 3 aromatic heterocycles. The van der Waals surface area contributed by atoms with Crippen LogP contribution in [-0.2, 0) is 13.0 Å². The molecule has 5 rings (SSSR count). The molecule has 0 saturated carbocycles. The predicted octanol–water partition coefficient (Wildman–Crippen LogP) is 3.59. The number of pyridine rings is 1. The van der Waals surface area contributed by atoms with Gasteiger partial charge in [0.2, 0.25) is 0 Å². The highest BCUT2D eigenvalue weighted by atomic mass is 15.1. The van der Waals surface area contributed by atoms with Gasteiger partial charge in [-0.1, -0.05) is 48.5 Å². The molecule has 0 saturated heterocycles. The van der Waals surface area contributed by atoms with E-state index in [1.165, 1.54) is 22.4 Å². The van der Waals surface area contributed by atoms with E-state index >= 15 is 0 Å². The maximum Gasteiger partial charge on any atom is 0.183 e. The molecule has 33 heavy (non-hydrogen) atoms. The van der Waals surface area contributed by atoms with Crippen molar-refractivity contribution in [3.8, 4) is 11.1 Å². The Balaban J connectivity index is 1.26. The summed E-state index contributed by atoms with van der Waals surface area (Å²) in [5.41, 5.74) is 13.2. The van der Waals surface area contributed by atoms with Gasteiger partial charge in [0.05, 0.1) is 6.33 Å². The SMILES string of the molecule is CN(C)c1cc[n+](Cc2ccc(-c3ccc(Cc4nc(N)c5[nH]cnc5n4)cc3)cc2)cc1. The fourth-order valence-electron chi connectivity index (χ4n) is 3.85. The van der Waals surface area contributed by atoms with Gasteiger partial charge in [-0.25, -0.2) is 19.5 Å². The van der Waals surface area contributed by atoms with E-state index in [4.69, 9.17) is 5.73 Å². The number of benzene rings is 2. The van der Waals surface area contributed by atoms with Gasteiger partial charge in [0.1, 0.15) is 11.3 Å². The van der Waals surface area contributed by atoms with Crippen LogP contribution < -0.4 is 15.2 Å². The summed E-state index contributed by atoms with van der Waals surface area (Å²) >= 11 is 0. The first-order chi connectivity index (χ1) is 16.0. The van der Waals surface area contributed by atoms with Crippen molar-refractivity contribution in [1.29, 1.82) is 0 Å². The number of imidazole rings is 1. The first-order valence-electron chi connectivity index (χ1n) is 10.9. The predicted molar refractivity (Wildman–Crippen MR) is 131 cm³/mol. The molecule has 0 aliphatic rings. The molecule has 0 amide bonds. The fourth-order valence-corrected chi connectivity index (χ4v) is 3.85. The molecule has 0 fully saturated rings. The molecule has 3 heterocycles. The van der Waals surface area contributed by atoms with Gasteiger partial charge in [0, 0.05) is 43.9 Å². The van der Waals surface area contributed by atoms with Crippen LogP contribution in [0.5, 0.6) is 0 Å². The first kappa shape index (κ1) is 20.6. The molecule has 3 N–H and O–H groups in total. The lowest BCUT2D eigenvalue weighted by Gasteiger charge is -2.10. The largest absolute Gasteiger partial charge is 0.382 e. The molecule has 0 radical (unpaired) electrons. The molecule has 2 aromatic carbocycles. The number of hydrogen-bond acceptors (Lipinski definition) is 5. The maximum absolute atomic E-state index is 6.01. The van der Waals surface area contributed by atoms with Crippen molar-refractivity contribution in [2.45, 2.75) is 13.0 Å². The molecule has 7 nitrogen and oxygen atoms in total. The van der Waals surface area contributed by atoms with Crippen LogP contribution in [0.1, 0.15) is 17.0 Å². The van der Waals surface area contributed by atoms with Crippen LogP contribution in [0.3, 0.4) is 0 Å². The Morgan fingerprint density at radius 2 is 1.48 bits per heavy atom. The molecule has 0 aliphatic carbocycles. The Kier molecular flexibility index (Phi) is 5.44. The number of aromatic nitrogens is 5. The number of rotatable bonds is 6. The summed E-state index contributed by atoms with van der Waals surface area (Å²) in [6.45, 7) is 0.844. The van der Waals surface area contributed by atoms with Gasteiger partial charge in [-0.2, -0.15) is 0 Å². The summed E-state index contributed by atoms with van der Waals surface area (Å²) in [5, 5.41) is 0. The van der Waals surface area contributed by atoms with Crippen LogP contribution in [0.25, 0.3) is 22.3 Å². The van der Waals surface area contributed by atoms with E-state index in [2.05, 4.69) is 102 Å². The molecular formula is C26H26N7+. The highest BCUT2D eigenvalue weighted by Gasteiger charge is 2.09. The lowest BCUT2D eigenvalue weighted by molar-refractivity contribution is -0.688. The Morgan fingerprint density at radius 1 is 0.848 bits per heavy atom. The quantitative estimate of drug-likeness (QED) is 0.397. The Morgan fingerprint density at radius 3 is 2.12 bits per heavy atom. The van der Waals surface area contributed by atoms with Gasteiger partial charge in [0.15, 0.2) is 30.4 Å². The smallest absolute Gasteiger partial charge is 0.183 e. The maximum atomic E-state index is 6.01. The molecule has 0 atom stereocenters. The second kappa shape index (κ2) is 8.70. The summed E-state index contributed by atoms with van der Waals surface area (Å²) in [6, 6.07) is 21.5. The third kappa shape index (κ3) is 4.52. The summed E-state index contributed by atoms with van der Waals surface area (Å²) in [7, 11) is 4.10. The second-order valence-corrected chi connectivity index (χ2v) is 8.32. The van der Waals surface area contributed by atoms with E-state index in [1.54, 1.807) is 6.33 Å². The van der Waals surface area contributed by atoms with Crippen LogP contribution in [0.15, 0.2) is 79.4 Å². The zero-order valence-corrected chi connectivity index (χ0v) is 18.7. The monoisotopic (exact) mass is 436 g/mol. The number of hydrogen-bond donors (Lipinski definition) is 2. The van der Waals surface area contributed by atoms with Crippen molar-refractivity contribution in [2.75, 3.05) is 24.7 Å². The average Bonchev–Trinajstić information content (AvgIpc) is 3.30. The zero-order valence-electron chi connectivity index (χ0n) is 18.7. The third-order valence-corrected chi connectivity index (χ3v) is 5.72. The Bertz CT molecular complexity index is 1370. The van der Waals surface area contributed by atoms with E-state index < -0.39 is 0 Å². The number of fused-ring (bicyclic) bond motifs is 1. The molecule has 7 heteroatoms. The fraction of sp³-hybridized carbons (Fsp3) is 0.154. The molecule has 0 spiro atoms. The van der Waals surface area contributed by atoms with Crippen molar-refractivity contribution in [3.05, 3.63) is 96.3 Å². The number of nitrogens with one attached hydrogen (secondary N) is 1. The minimum absolute atomic E-state index is 0.427. The Hall–Kier alpha value is -4.26. The molecule has 164 valence electrons. The van der Waals surface area contributed by atoms with Gasteiger partial charge in [-0.3, -0.25) is 0 Å². The second-order valence-electron chi connectivity index (χ2n) is 8.32. The van der Waals surface area contributed by atoms with Crippen molar-refractivity contribution in [1.82, 2.24) is 19.9 Å². The van der Waals surface area contributed by atoms with E-state index in [0.29, 0.717) is 29.2 Å². The molecule has 5 aromatic rings. The van der Waals surface area contributed by atoms with Gasteiger partial charge in [-0.05, 0) is 16.7 Å². The summed E-state index contributed by atoms with van der Waals surface area (Å²) in [4.78, 5) is 18.1. The van der Waals surface area contributed by atoms with E-state index in [9.17, 15) is 0 Å². The van der Waals surface area contributed by atoms with Crippen LogP contribution in [0.2, 0.25) is 0 Å². The summed E-state index contributed by atoms with van der Waals surface area (Å²) < 4.78 is 2.19. The van der Waals surface area contributed by atoms with Gasteiger partial charge < -0.3 is 15.6 Å². The molecular weight excluding hydrogens is 410 g/mol. The van der Waals surface area contributed by atoms with Gasteiger partial charge >= 0.3 is 0 Å². The molecule has 0 aliphatic heterocycles. The molecule has 0 unspecified atom stereocenters. The minimum atomic E-state index is 0.427. The normalized spacial score (nSPS) is 11.1. The lowest BCUT2D eigenvalue weighted by atomic mass is 10.0. The van der Waals surface area contributed by atoms with E-state index in [1.807, 2.05) is 14.1 Å². The lowest BCUT2D eigenvalue weighted by Crippen LogP contribution is -2.33. The number of nitrogens with zero attached hydrogens (tertiary/aromatic N) is 5. The third-order valence-electron chi connectivity index (χ3n) is 5.72. The highest BCUT2D eigenvalue weighted by Crippen LogP contribution is 2.22. The molecule has 0 bridgehead atoms. The van der Waals surface area contributed by atoms with Crippen LogP contribution in [0, 0.1) is 0 Å². The van der Waals surface area contributed by atoms with Crippen molar-refractivity contribution >= 4 is 22.7 Å². The Labute approximate surface area is 192 Å². The number of H-pyrrole nitrogens is 1. The van der Waals surface area contributed by atoms with E-state index in [-0.39, 0.29) is 0 Å². The van der Waals surface area contributed by atoms with Gasteiger partial charge in [-0.15, -0.1) is 0 Å². The number of nitrogen functional groups attached to an aromatic ring is 1. The first-order valence-corrected chi connectivity index (χ1v) is 10.9. The summed E-state index contributed by atoms with van der Waals surface area (Å²) in [6.07, 6.45) is 6.42. The highest BCUT2D eigenvalue weighted by molar-refractivity contribution is 5.80. The zero-order chi connectivity index (χ0) is 22.8. The number of anilines is 2. The minimum Gasteiger partial charge on any atom is -0.382 e. The number of aromatic amines is 1. The van der Waals surface area contributed by atoms with E-state index in [0.717, 1.165) is 12.1 Å². The van der Waals surface area contributed by atoms with Crippen LogP contribution >= 0.6 is 0 Å². The van der Waals surface area contributed by atoms with Crippen LogP contribution in [-0.4, -0.2) is 34.0 Å². The van der Waals surface area contributed by atoms with Crippen molar-refractivity contribution < 1.29 is 4.57 Å². The topological polar surface area (TPSA) is 87.6 Å². The van der Waals surface area contributed by atoms with Crippen molar-refractivity contribution in [2.24, 2.45) is 0 Å². The standard InChI is InChI=1S/C26H26N7/c1-32(2)22-11-13-33(14-12-22)16-19-5-9-21(10-6-19)20-7-3-18(4-8-20)15-23-30-25(27)24-26(31-23)29-17-28-24/h3-14,17H,15-16H2,1-2H3,(H3,27,28,29,30,31)/q+1. The van der Waals surface area contributed by atoms with Crippen LogP contribution in [0.4, 0.5) is 11.5 Å².